The van der Waals surface area contributed by atoms with E-state index in [0.717, 1.165) is 6.04 Å². The quantitative estimate of drug-likeness (QED) is 0.345. The van der Waals surface area contributed by atoms with Gasteiger partial charge in [-0.3, -0.25) is 0 Å². The summed E-state index contributed by atoms with van der Waals surface area (Å²) in [6.07, 6.45) is 48.7. The van der Waals surface area contributed by atoms with Crippen molar-refractivity contribution < 1.29 is 0 Å². The lowest BCUT2D eigenvalue weighted by molar-refractivity contribution is 0.410. The van der Waals surface area contributed by atoms with E-state index in [2.05, 4.69) is 72.2 Å². The van der Waals surface area contributed by atoms with Crippen molar-refractivity contribution in [3.05, 3.63) is 72.4 Å². The Morgan fingerprint density at radius 2 is 1.00 bits per heavy atom. The molecule has 1 fully saturated rings. The van der Waals surface area contributed by atoms with Crippen LogP contribution in [0.3, 0.4) is 0 Å². The van der Waals surface area contributed by atoms with Gasteiger partial charge in [0.1, 0.15) is 0 Å². The van der Waals surface area contributed by atoms with Gasteiger partial charge in [-0.25, -0.2) is 0 Å². The van der Waals surface area contributed by atoms with Crippen LogP contribution < -0.4 is 5.32 Å². The van der Waals surface area contributed by atoms with Crippen LogP contribution >= 0.6 is 0 Å². The fraction of sp³-hybridized carbons (Fsp3) is 0.625. The van der Waals surface area contributed by atoms with Crippen LogP contribution in [0, 0.1) is 0 Å². The molecule has 0 heterocycles. The molecular formula is C32H51N. The van der Waals surface area contributed by atoms with Crippen LogP contribution in [0.2, 0.25) is 0 Å². The fourth-order valence-corrected chi connectivity index (χ4v) is 4.86. The Morgan fingerprint density at radius 1 is 0.515 bits per heavy atom. The van der Waals surface area contributed by atoms with Crippen molar-refractivity contribution in [1.29, 1.82) is 0 Å². The summed E-state index contributed by atoms with van der Waals surface area (Å²) in [6, 6.07) is 0.776. The Kier molecular flexibility index (Phi) is 17.6. The average molecular weight is 450 g/mol. The van der Waals surface area contributed by atoms with Gasteiger partial charge in [0, 0.05) is 6.04 Å². The zero-order chi connectivity index (χ0) is 23.1. The third-order valence-corrected chi connectivity index (χ3v) is 6.94. The Labute approximate surface area is 205 Å². The molecule has 0 spiro atoms. The van der Waals surface area contributed by atoms with E-state index in [4.69, 9.17) is 0 Å². The molecular weight excluding hydrogens is 398 g/mol. The van der Waals surface area contributed by atoms with Crippen LogP contribution in [0.5, 0.6) is 0 Å². The second-order valence-electron chi connectivity index (χ2n) is 9.92. The summed E-state index contributed by atoms with van der Waals surface area (Å²) < 4.78 is 0. The van der Waals surface area contributed by atoms with Gasteiger partial charge in [0.25, 0.3) is 0 Å². The summed E-state index contributed by atoms with van der Waals surface area (Å²) in [5, 5.41) is 3.92. The number of rotatable bonds is 9. The molecule has 0 unspecified atom stereocenters. The normalized spacial score (nSPS) is 24.2. The van der Waals surface area contributed by atoms with Crippen molar-refractivity contribution in [2.75, 3.05) is 6.54 Å². The van der Waals surface area contributed by atoms with Crippen molar-refractivity contribution in [1.82, 2.24) is 5.32 Å². The molecule has 1 nitrogen and oxygen atoms in total. The molecule has 1 heteroatoms. The zero-order valence-electron chi connectivity index (χ0n) is 21.4. The second-order valence-corrected chi connectivity index (χ2v) is 9.92. The molecule has 0 amide bonds. The van der Waals surface area contributed by atoms with Crippen LogP contribution in [0.25, 0.3) is 0 Å². The van der Waals surface area contributed by atoms with Crippen molar-refractivity contribution in [3.63, 3.8) is 0 Å². The third-order valence-electron chi connectivity index (χ3n) is 6.94. The summed E-state index contributed by atoms with van der Waals surface area (Å²) in [7, 11) is 0. The van der Waals surface area contributed by atoms with E-state index in [-0.39, 0.29) is 0 Å². The summed E-state index contributed by atoms with van der Waals surface area (Å²) in [4.78, 5) is 0. The number of unbranched alkanes of at least 4 members (excludes halogenated alkanes) is 4. The number of nitrogens with one attached hydrogen (secondary N) is 1. The molecule has 184 valence electrons. The first-order chi connectivity index (χ1) is 16.4. The molecule has 0 aromatic heterocycles. The van der Waals surface area contributed by atoms with Crippen molar-refractivity contribution >= 4 is 0 Å². The number of allylic oxidation sites excluding steroid dienone is 12. The van der Waals surface area contributed by atoms with E-state index in [1.165, 1.54) is 128 Å². The minimum atomic E-state index is 0.776. The molecule has 0 aromatic carbocycles. The average Bonchev–Trinajstić information content (AvgIpc) is 2.84. The smallest absolute Gasteiger partial charge is 0.00670 e. The maximum absolute atomic E-state index is 3.92. The highest BCUT2D eigenvalue weighted by Crippen LogP contribution is 2.17. The molecule has 2 aliphatic carbocycles. The zero-order valence-corrected chi connectivity index (χ0v) is 21.4. The Hall–Kier alpha value is -1.60. The van der Waals surface area contributed by atoms with Gasteiger partial charge in [-0.2, -0.15) is 0 Å². The molecule has 0 bridgehead atoms. The summed E-state index contributed by atoms with van der Waals surface area (Å²) in [5.74, 6) is 0. The van der Waals surface area contributed by atoms with Gasteiger partial charge in [-0.05, 0) is 44.2 Å². The van der Waals surface area contributed by atoms with Gasteiger partial charge in [-0.15, -0.1) is 0 Å². The maximum atomic E-state index is 3.92. The SMILES string of the molecule is C1=C\C=C/C=C(CCCCCCCNC2CCCCCCCCCCCC2)\C=C/C=C/C=C1. The van der Waals surface area contributed by atoms with Gasteiger partial charge in [0.15, 0.2) is 0 Å². The van der Waals surface area contributed by atoms with Crippen LogP contribution in [0.1, 0.15) is 116 Å². The summed E-state index contributed by atoms with van der Waals surface area (Å²) in [5.41, 5.74) is 1.42. The molecule has 0 atom stereocenters. The second kappa shape index (κ2) is 21.0. The van der Waals surface area contributed by atoms with E-state index in [9.17, 15) is 0 Å². The Morgan fingerprint density at radius 3 is 1.64 bits per heavy atom. The molecule has 1 saturated carbocycles. The van der Waals surface area contributed by atoms with Crippen molar-refractivity contribution in [2.24, 2.45) is 0 Å². The largest absolute Gasteiger partial charge is 0.314 e. The first-order valence-corrected chi connectivity index (χ1v) is 14.2. The lowest BCUT2D eigenvalue weighted by atomic mass is 10.0. The van der Waals surface area contributed by atoms with E-state index < -0.39 is 0 Å². The first-order valence-electron chi connectivity index (χ1n) is 14.2. The van der Waals surface area contributed by atoms with E-state index >= 15 is 0 Å². The third kappa shape index (κ3) is 16.6. The number of hydrogen-bond acceptors (Lipinski definition) is 1. The van der Waals surface area contributed by atoms with Gasteiger partial charge < -0.3 is 5.32 Å². The molecule has 1 N–H and O–H groups in total. The monoisotopic (exact) mass is 449 g/mol. The van der Waals surface area contributed by atoms with Gasteiger partial charge in [0.05, 0.1) is 0 Å². The molecule has 0 aromatic rings. The molecule has 0 aliphatic heterocycles. The highest BCUT2D eigenvalue weighted by atomic mass is 14.9. The molecule has 33 heavy (non-hydrogen) atoms. The topological polar surface area (TPSA) is 12.0 Å². The predicted octanol–water partition coefficient (Wildman–Crippen LogP) is 9.70. The first kappa shape index (κ1) is 27.6. The van der Waals surface area contributed by atoms with E-state index in [1.54, 1.807) is 0 Å². The molecule has 0 radical (unpaired) electrons. The minimum absolute atomic E-state index is 0.776. The lowest BCUT2D eigenvalue weighted by Gasteiger charge is -2.19. The molecule has 2 aliphatic rings. The predicted molar refractivity (Wildman–Crippen MR) is 149 cm³/mol. The molecule has 2 rings (SSSR count). The summed E-state index contributed by atoms with van der Waals surface area (Å²) in [6.45, 7) is 1.22. The fourth-order valence-electron chi connectivity index (χ4n) is 4.86. The van der Waals surface area contributed by atoms with Crippen LogP contribution in [-0.2, 0) is 0 Å². The van der Waals surface area contributed by atoms with Crippen LogP contribution in [-0.4, -0.2) is 12.6 Å². The maximum Gasteiger partial charge on any atom is 0.00670 e. The lowest BCUT2D eigenvalue weighted by Crippen LogP contribution is -2.30. The van der Waals surface area contributed by atoms with Crippen molar-refractivity contribution in [2.45, 2.75) is 122 Å². The van der Waals surface area contributed by atoms with Crippen LogP contribution in [0.4, 0.5) is 0 Å². The Balaban J connectivity index is 1.55. The van der Waals surface area contributed by atoms with E-state index in [0.29, 0.717) is 0 Å². The standard InChI is InChI=1S/C32H51N/c1-2-7-11-17-23-29-32(28-22-16-10-6-1)33-30-24-18-12-15-21-27-31-25-19-13-8-4-3-5-9-14-20-26-31/h3-5,8-9,13-14,19-20,25-26,32-33H,1-2,6-7,10-12,15-18,21-24,27-30H2/b4-3?,5-3?,8-4?,9-5?,13-8+,14-9?,19-13?,20-14-,25-19-,26-20?,31-25?,31-26+. The van der Waals surface area contributed by atoms with E-state index in [1.807, 2.05) is 0 Å². The Bertz CT molecular complexity index is 617. The molecule has 0 saturated heterocycles. The van der Waals surface area contributed by atoms with Crippen LogP contribution in [0.15, 0.2) is 72.4 Å². The van der Waals surface area contributed by atoms with Gasteiger partial charge in [0.2, 0.25) is 0 Å². The highest BCUT2D eigenvalue weighted by Gasteiger charge is 2.08. The van der Waals surface area contributed by atoms with Crippen molar-refractivity contribution in [3.8, 4) is 0 Å². The van der Waals surface area contributed by atoms with Gasteiger partial charge in [-0.1, -0.05) is 150 Å². The highest BCUT2D eigenvalue weighted by molar-refractivity contribution is 5.29. The van der Waals surface area contributed by atoms with Gasteiger partial charge >= 0.3 is 0 Å². The summed E-state index contributed by atoms with van der Waals surface area (Å²) >= 11 is 0. The minimum Gasteiger partial charge on any atom is -0.314 e. The number of hydrogen-bond donors (Lipinski definition) is 1.